The Labute approximate surface area is 164 Å². The molecule has 6 heteroatoms. The largest absolute Gasteiger partial charge is 0.378 e. The molecule has 0 saturated carbocycles. The number of anilines is 1. The van der Waals surface area contributed by atoms with Crippen molar-refractivity contribution in [3.8, 4) is 11.5 Å². The molecule has 0 spiro atoms. The van der Waals surface area contributed by atoms with E-state index in [1.165, 1.54) is 0 Å². The Morgan fingerprint density at radius 2 is 1.82 bits per heavy atom. The Kier molecular flexibility index (Phi) is 4.86. The lowest BCUT2D eigenvalue weighted by Crippen LogP contribution is -2.28. The molecule has 0 radical (unpaired) electrons. The normalized spacial score (nSPS) is 17.8. The average Bonchev–Trinajstić information content (AvgIpc) is 3.35. The van der Waals surface area contributed by atoms with Crippen molar-refractivity contribution in [2.24, 2.45) is 0 Å². The first-order valence-electron chi connectivity index (χ1n) is 9.48. The van der Waals surface area contributed by atoms with Crippen LogP contribution in [-0.2, 0) is 4.79 Å². The number of hydrogen-bond donors (Lipinski definition) is 0. The smallest absolute Gasteiger partial charge is 0.257 e. The Bertz CT molecular complexity index is 950. The first-order valence-corrected chi connectivity index (χ1v) is 9.48. The van der Waals surface area contributed by atoms with Crippen LogP contribution in [0.2, 0.25) is 0 Å². The predicted octanol–water partition coefficient (Wildman–Crippen LogP) is 3.88. The van der Waals surface area contributed by atoms with Crippen LogP contribution >= 0.6 is 0 Å². The summed E-state index contributed by atoms with van der Waals surface area (Å²) in [6, 6.07) is 18.1. The van der Waals surface area contributed by atoms with Crippen LogP contribution in [0, 0.1) is 0 Å². The summed E-state index contributed by atoms with van der Waals surface area (Å²) in [5.74, 6) is 1.17. The summed E-state index contributed by atoms with van der Waals surface area (Å²) in [6.45, 7) is 2.66. The van der Waals surface area contributed by atoms with Gasteiger partial charge in [-0.15, -0.1) is 0 Å². The highest BCUT2D eigenvalue weighted by atomic mass is 16.5. The molecule has 1 amide bonds. The zero-order valence-electron chi connectivity index (χ0n) is 16.4. The van der Waals surface area contributed by atoms with Gasteiger partial charge in [0.1, 0.15) is 0 Å². The van der Waals surface area contributed by atoms with Gasteiger partial charge in [0.05, 0.1) is 6.04 Å². The number of carbonyl (C=O) groups excluding carboxylic acids is 1. The third kappa shape index (κ3) is 3.50. The first-order chi connectivity index (χ1) is 13.5. The van der Waals surface area contributed by atoms with Gasteiger partial charge in [-0.25, -0.2) is 0 Å². The van der Waals surface area contributed by atoms with Crippen LogP contribution in [0.15, 0.2) is 59.1 Å². The van der Waals surface area contributed by atoms with E-state index in [1.54, 1.807) is 0 Å². The number of nitrogens with zero attached hydrogens (tertiary/aromatic N) is 4. The van der Waals surface area contributed by atoms with Crippen molar-refractivity contribution >= 4 is 11.6 Å². The Morgan fingerprint density at radius 3 is 2.50 bits per heavy atom. The number of amides is 1. The van der Waals surface area contributed by atoms with Crippen LogP contribution in [0.25, 0.3) is 11.5 Å². The average molecular weight is 376 g/mol. The van der Waals surface area contributed by atoms with Crippen molar-refractivity contribution in [1.82, 2.24) is 15.0 Å². The van der Waals surface area contributed by atoms with Crippen LogP contribution in [0.1, 0.15) is 36.7 Å². The SMILES string of the molecule is CC(c1ccccc1)N1CC(c2noc(-c3ccc(N(C)C)cc3)n2)CC1=O. The van der Waals surface area contributed by atoms with Crippen molar-refractivity contribution in [1.29, 1.82) is 0 Å². The molecule has 2 unspecified atom stereocenters. The lowest BCUT2D eigenvalue weighted by molar-refractivity contribution is -0.129. The molecule has 1 aliphatic heterocycles. The summed E-state index contributed by atoms with van der Waals surface area (Å²) in [6.07, 6.45) is 0.412. The minimum Gasteiger partial charge on any atom is -0.378 e. The van der Waals surface area contributed by atoms with Gasteiger partial charge in [0.15, 0.2) is 5.82 Å². The van der Waals surface area contributed by atoms with Crippen LogP contribution < -0.4 is 4.90 Å². The Balaban J connectivity index is 1.49. The van der Waals surface area contributed by atoms with Gasteiger partial charge >= 0.3 is 0 Å². The standard InChI is InChI=1S/C22H24N4O2/c1-15(16-7-5-4-6-8-16)26-14-18(13-20(26)27)21-23-22(28-24-21)17-9-11-19(12-10-17)25(2)3/h4-12,15,18H,13-14H2,1-3H3. The van der Waals surface area contributed by atoms with Crippen molar-refractivity contribution in [2.45, 2.75) is 25.3 Å². The molecular weight excluding hydrogens is 352 g/mol. The van der Waals surface area contributed by atoms with Crippen LogP contribution in [0.4, 0.5) is 5.69 Å². The lowest BCUT2D eigenvalue weighted by atomic mass is 10.1. The molecule has 1 saturated heterocycles. The van der Waals surface area contributed by atoms with E-state index in [2.05, 4.69) is 29.2 Å². The maximum atomic E-state index is 12.6. The van der Waals surface area contributed by atoms with Crippen molar-refractivity contribution in [3.05, 3.63) is 66.0 Å². The van der Waals surface area contributed by atoms with Crippen molar-refractivity contribution in [2.75, 3.05) is 25.5 Å². The maximum absolute atomic E-state index is 12.6. The maximum Gasteiger partial charge on any atom is 0.257 e. The van der Waals surface area contributed by atoms with E-state index in [1.807, 2.05) is 66.4 Å². The summed E-state index contributed by atoms with van der Waals surface area (Å²) < 4.78 is 5.47. The third-order valence-corrected chi connectivity index (χ3v) is 5.35. The number of likely N-dealkylation sites (tertiary alicyclic amines) is 1. The zero-order chi connectivity index (χ0) is 19.7. The molecule has 2 heterocycles. The fraction of sp³-hybridized carbons (Fsp3) is 0.318. The van der Waals surface area contributed by atoms with Gasteiger partial charge in [0.25, 0.3) is 5.89 Å². The second-order valence-electron chi connectivity index (χ2n) is 7.43. The molecule has 4 rings (SSSR count). The van der Waals surface area contributed by atoms with Gasteiger partial charge in [0, 0.05) is 44.2 Å². The molecule has 0 bridgehead atoms. The molecule has 3 aromatic rings. The van der Waals surface area contributed by atoms with E-state index in [0.717, 1.165) is 16.8 Å². The fourth-order valence-electron chi connectivity index (χ4n) is 3.61. The van der Waals surface area contributed by atoms with E-state index >= 15 is 0 Å². The zero-order valence-corrected chi connectivity index (χ0v) is 16.4. The minimum absolute atomic E-state index is 0.0312. The van der Waals surface area contributed by atoms with E-state index in [0.29, 0.717) is 24.7 Å². The molecule has 0 aliphatic carbocycles. The molecular formula is C22H24N4O2. The summed E-state index contributed by atoms with van der Waals surface area (Å²) in [7, 11) is 4.00. The van der Waals surface area contributed by atoms with Gasteiger partial charge in [-0.05, 0) is 36.8 Å². The van der Waals surface area contributed by atoms with Gasteiger partial charge in [-0.3, -0.25) is 4.79 Å². The van der Waals surface area contributed by atoms with Crippen LogP contribution in [0.5, 0.6) is 0 Å². The summed E-state index contributed by atoms with van der Waals surface area (Å²) in [4.78, 5) is 21.1. The van der Waals surface area contributed by atoms with Crippen molar-refractivity contribution in [3.63, 3.8) is 0 Å². The van der Waals surface area contributed by atoms with Crippen molar-refractivity contribution < 1.29 is 9.32 Å². The van der Waals surface area contributed by atoms with E-state index in [-0.39, 0.29) is 17.9 Å². The first kappa shape index (κ1) is 18.2. The van der Waals surface area contributed by atoms with Gasteiger partial charge in [0.2, 0.25) is 5.91 Å². The molecule has 2 aromatic carbocycles. The number of carbonyl (C=O) groups is 1. The van der Waals surface area contributed by atoms with Crippen LogP contribution in [0.3, 0.4) is 0 Å². The molecule has 1 aliphatic rings. The van der Waals surface area contributed by atoms with Gasteiger partial charge < -0.3 is 14.3 Å². The lowest BCUT2D eigenvalue weighted by Gasteiger charge is -2.25. The minimum atomic E-state index is -0.0442. The second kappa shape index (κ2) is 7.46. The summed E-state index contributed by atoms with van der Waals surface area (Å²) >= 11 is 0. The van der Waals surface area contributed by atoms with E-state index in [4.69, 9.17) is 4.52 Å². The molecule has 0 N–H and O–H groups in total. The molecule has 6 nitrogen and oxygen atoms in total. The highest BCUT2D eigenvalue weighted by molar-refractivity contribution is 5.80. The van der Waals surface area contributed by atoms with Gasteiger partial charge in [-0.2, -0.15) is 4.98 Å². The summed E-state index contributed by atoms with van der Waals surface area (Å²) in [5, 5.41) is 4.16. The molecule has 1 fully saturated rings. The second-order valence-corrected chi connectivity index (χ2v) is 7.43. The van der Waals surface area contributed by atoms with E-state index in [9.17, 15) is 4.79 Å². The fourth-order valence-corrected chi connectivity index (χ4v) is 3.61. The van der Waals surface area contributed by atoms with E-state index < -0.39 is 0 Å². The number of rotatable bonds is 5. The number of hydrogen-bond acceptors (Lipinski definition) is 5. The number of benzene rings is 2. The molecule has 2 atom stereocenters. The third-order valence-electron chi connectivity index (χ3n) is 5.35. The molecule has 28 heavy (non-hydrogen) atoms. The Hall–Kier alpha value is -3.15. The number of aromatic nitrogens is 2. The Morgan fingerprint density at radius 1 is 1.11 bits per heavy atom. The highest BCUT2D eigenvalue weighted by Crippen LogP contribution is 2.33. The monoisotopic (exact) mass is 376 g/mol. The summed E-state index contributed by atoms with van der Waals surface area (Å²) in [5.41, 5.74) is 3.12. The van der Waals surface area contributed by atoms with Crippen LogP contribution in [-0.4, -0.2) is 41.6 Å². The quantitative estimate of drug-likeness (QED) is 0.676. The molecule has 144 valence electrons. The predicted molar refractivity (Wildman–Crippen MR) is 108 cm³/mol. The topological polar surface area (TPSA) is 62.5 Å². The van der Waals surface area contributed by atoms with Gasteiger partial charge in [-0.1, -0.05) is 35.5 Å². The highest BCUT2D eigenvalue weighted by Gasteiger charge is 2.36. The molecule has 1 aromatic heterocycles.